The zero-order valence-corrected chi connectivity index (χ0v) is 16.9. The molecule has 3 aromatic carbocycles. The van der Waals surface area contributed by atoms with Gasteiger partial charge in [-0.3, -0.25) is 0 Å². The first-order chi connectivity index (χ1) is 12.0. The van der Waals surface area contributed by atoms with Crippen molar-refractivity contribution in [3.05, 3.63) is 87.8 Å². The van der Waals surface area contributed by atoms with Crippen molar-refractivity contribution in [1.82, 2.24) is 0 Å². The van der Waals surface area contributed by atoms with E-state index in [9.17, 15) is 0 Å². The van der Waals surface area contributed by atoms with Crippen LogP contribution in [0.4, 0.5) is 4.79 Å². The minimum absolute atomic E-state index is 0.0728. The molecule has 0 aliphatic rings. The average Bonchev–Trinajstić information content (AvgIpc) is 2.59. The molecule has 128 valence electrons. The first kappa shape index (κ1) is 19.6. The summed E-state index contributed by atoms with van der Waals surface area (Å²) in [5.74, 6) is 0. The van der Waals surface area contributed by atoms with Crippen molar-refractivity contribution in [3.8, 4) is 0 Å². The fourth-order valence-corrected chi connectivity index (χ4v) is 4.70. The fraction of sp³-hybridized carbons (Fsp3) is 0. The maximum atomic E-state index is 8.44. The Balaban J connectivity index is 0.000000511. The van der Waals surface area contributed by atoms with E-state index in [0.717, 1.165) is 8.95 Å². The van der Waals surface area contributed by atoms with Crippen LogP contribution in [-0.4, -0.2) is 11.3 Å². The Labute approximate surface area is 165 Å². The maximum absolute atomic E-state index is 8.44. The summed E-state index contributed by atoms with van der Waals surface area (Å²) in [4.78, 5) is 12.4. The lowest BCUT2D eigenvalue weighted by Crippen LogP contribution is -2.17. The van der Waals surface area contributed by atoms with Gasteiger partial charge in [-0.25, -0.2) is 0 Å². The van der Waals surface area contributed by atoms with Crippen LogP contribution in [0.15, 0.2) is 102 Å². The van der Waals surface area contributed by atoms with Gasteiger partial charge in [-0.1, -0.05) is 50.1 Å². The van der Waals surface area contributed by atoms with Gasteiger partial charge < -0.3 is 15.0 Å². The lowest BCUT2D eigenvalue weighted by atomic mass is 10.4. The number of hydrogen-bond donors (Lipinski definition) is 1. The number of hydrogen-bond acceptors (Lipinski definition) is 2. The monoisotopic (exact) mass is 480 g/mol. The summed E-state index contributed by atoms with van der Waals surface area (Å²) in [7, 11) is -0.0728. The number of halogens is 2. The van der Waals surface area contributed by atoms with Crippen molar-refractivity contribution in [2.24, 2.45) is 0 Å². The summed E-state index contributed by atoms with van der Waals surface area (Å²) in [6.07, 6.45) is -2.08. The summed E-state index contributed by atoms with van der Waals surface area (Å²) in [6.45, 7) is 0. The highest BCUT2D eigenvalue weighted by Gasteiger charge is 2.28. The van der Waals surface area contributed by atoms with E-state index in [-0.39, 0.29) is 10.9 Å². The molecule has 0 aromatic heterocycles. The van der Waals surface area contributed by atoms with Gasteiger partial charge in [0.05, 0.1) is 10.9 Å². The van der Waals surface area contributed by atoms with E-state index < -0.39 is 6.16 Å². The highest BCUT2D eigenvalue weighted by molar-refractivity contribution is 9.10. The lowest BCUT2D eigenvalue weighted by molar-refractivity contribution is -0.275. The van der Waals surface area contributed by atoms with E-state index in [1.807, 2.05) is 0 Å². The van der Waals surface area contributed by atoms with Crippen molar-refractivity contribution in [2.75, 3.05) is 0 Å². The normalized spacial score (nSPS) is 10.0. The first-order valence-corrected chi connectivity index (χ1v) is 9.99. The molecule has 0 saturated heterocycles. The Morgan fingerprint density at radius 3 is 1.40 bits per heavy atom. The standard InChI is InChI=1S/C18H13Br2S.CH2O3/c19-14-6-10-17(11-7-14)21(16-4-2-1-3-5-16)18-12-8-15(20)9-13-18;2-1(3)4/h1-13H;(H2,2,3,4)/q+1;/p-1. The molecule has 3 rings (SSSR count). The molecule has 6 heteroatoms. The molecule has 3 aromatic rings. The van der Waals surface area contributed by atoms with Crippen LogP contribution < -0.4 is 5.11 Å². The van der Waals surface area contributed by atoms with Gasteiger partial charge in [0.1, 0.15) is 0 Å². The Kier molecular flexibility index (Phi) is 7.55. The molecule has 0 radical (unpaired) electrons. The Morgan fingerprint density at radius 1 is 0.720 bits per heavy atom. The largest absolute Gasteiger partial charge is 0.565 e. The molecule has 0 bridgehead atoms. The van der Waals surface area contributed by atoms with Gasteiger partial charge in [-0.2, -0.15) is 0 Å². The molecule has 0 aliphatic heterocycles. The summed E-state index contributed by atoms with van der Waals surface area (Å²) >= 11 is 7.03. The topological polar surface area (TPSA) is 60.4 Å². The Morgan fingerprint density at radius 2 is 1.04 bits per heavy atom. The van der Waals surface area contributed by atoms with Crippen molar-refractivity contribution in [1.29, 1.82) is 0 Å². The van der Waals surface area contributed by atoms with Crippen LogP contribution in [-0.2, 0) is 10.9 Å². The van der Waals surface area contributed by atoms with Crippen molar-refractivity contribution in [3.63, 3.8) is 0 Å². The number of carbonyl (C=O) groups is 1. The predicted octanol–water partition coefficient (Wildman–Crippen LogP) is 5.19. The van der Waals surface area contributed by atoms with Gasteiger partial charge >= 0.3 is 0 Å². The van der Waals surface area contributed by atoms with Crippen LogP contribution in [0, 0.1) is 0 Å². The SMILES string of the molecule is Brc1ccc([S+](c2ccccc2)c2ccc(Br)cc2)cc1.O=C([O-])O. The molecule has 1 N–H and O–H groups in total. The van der Waals surface area contributed by atoms with E-state index in [1.54, 1.807) is 0 Å². The molecule has 0 saturated carbocycles. The van der Waals surface area contributed by atoms with Crippen LogP contribution in [0.3, 0.4) is 0 Å². The number of benzene rings is 3. The van der Waals surface area contributed by atoms with Gasteiger partial charge in [0.2, 0.25) is 6.16 Å². The first-order valence-electron chi connectivity index (χ1n) is 7.18. The summed E-state index contributed by atoms with van der Waals surface area (Å²) in [5, 5.41) is 15.3. The molecule has 0 aliphatic carbocycles. The van der Waals surface area contributed by atoms with Crippen LogP contribution in [0.5, 0.6) is 0 Å². The smallest absolute Gasteiger partial charge is 0.249 e. The molecule has 0 heterocycles. The summed E-state index contributed by atoms with van der Waals surface area (Å²) in [5.41, 5.74) is 0. The van der Waals surface area contributed by atoms with E-state index in [1.165, 1.54) is 14.7 Å². The zero-order valence-electron chi connectivity index (χ0n) is 12.9. The Bertz CT molecular complexity index is 757. The van der Waals surface area contributed by atoms with Gasteiger partial charge in [0.25, 0.3) is 0 Å². The highest BCUT2D eigenvalue weighted by atomic mass is 79.9. The van der Waals surface area contributed by atoms with Gasteiger partial charge in [0, 0.05) is 8.95 Å². The molecule has 3 nitrogen and oxygen atoms in total. The van der Waals surface area contributed by atoms with Crippen LogP contribution in [0.25, 0.3) is 0 Å². The second-order valence-electron chi connectivity index (χ2n) is 4.79. The molecular formula is C19H14Br2O3S. The summed E-state index contributed by atoms with van der Waals surface area (Å²) in [6, 6.07) is 27.9. The fourth-order valence-electron chi connectivity index (χ4n) is 2.11. The number of carboxylic acid groups (broad SMARTS) is 2. The average molecular weight is 482 g/mol. The van der Waals surface area contributed by atoms with Crippen molar-refractivity contribution < 1.29 is 15.0 Å². The molecule has 0 fully saturated rings. The molecular weight excluding hydrogens is 468 g/mol. The molecule has 0 unspecified atom stereocenters. The third-order valence-electron chi connectivity index (χ3n) is 3.08. The quantitative estimate of drug-likeness (QED) is 0.523. The van der Waals surface area contributed by atoms with Crippen molar-refractivity contribution >= 4 is 48.9 Å². The third kappa shape index (κ3) is 6.23. The van der Waals surface area contributed by atoms with E-state index in [4.69, 9.17) is 15.0 Å². The predicted molar refractivity (Wildman–Crippen MR) is 105 cm³/mol. The third-order valence-corrected chi connectivity index (χ3v) is 6.37. The maximum Gasteiger partial charge on any atom is 0.249 e. The summed E-state index contributed by atoms with van der Waals surface area (Å²) < 4.78 is 2.22. The Hall–Kier alpha value is -1.76. The van der Waals surface area contributed by atoms with Crippen LogP contribution >= 0.6 is 31.9 Å². The number of rotatable bonds is 3. The second-order valence-corrected chi connectivity index (χ2v) is 8.65. The second kappa shape index (κ2) is 9.65. The van der Waals surface area contributed by atoms with Crippen LogP contribution in [0.1, 0.15) is 0 Å². The molecule has 25 heavy (non-hydrogen) atoms. The molecule has 0 atom stereocenters. The molecule has 0 spiro atoms. The minimum Gasteiger partial charge on any atom is -0.565 e. The van der Waals surface area contributed by atoms with Gasteiger partial charge in [0.15, 0.2) is 14.7 Å². The van der Waals surface area contributed by atoms with E-state index in [2.05, 4.69) is 111 Å². The van der Waals surface area contributed by atoms with Gasteiger partial charge in [-0.15, -0.1) is 0 Å². The van der Waals surface area contributed by atoms with Gasteiger partial charge in [-0.05, 0) is 60.7 Å². The van der Waals surface area contributed by atoms with Crippen molar-refractivity contribution in [2.45, 2.75) is 14.7 Å². The van der Waals surface area contributed by atoms with E-state index >= 15 is 0 Å². The molecule has 0 amide bonds. The zero-order chi connectivity index (χ0) is 18.2. The lowest BCUT2D eigenvalue weighted by Gasteiger charge is -2.08. The highest BCUT2D eigenvalue weighted by Crippen LogP contribution is 2.32. The van der Waals surface area contributed by atoms with Crippen LogP contribution in [0.2, 0.25) is 0 Å². The minimum atomic E-state index is -2.08. The van der Waals surface area contributed by atoms with E-state index in [0.29, 0.717) is 0 Å².